The van der Waals surface area contributed by atoms with Crippen LogP contribution in [0.1, 0.15) is 49.8 Å². The summed E-state index contributed by atoms with van der Waals surface area (Å²) >= 11 is 1.53. The van der Waals surface area contributed by atoms with Crippen LogP contribution in [0.3, 0.4) is 0 Å². The molecule has 0 aliphatic carbocycles. The van der Waals surface area contributed by atoms with Gasteiger partial charge in [-0.15, -0.1) is 11.3 Å². The highest BCUT2D eigenvalue weighted by Crippen LogP contribution is 2.30. The average molecular weight is 470 g/mol. The number of nitrogens with one attached hydrogen (secondary N) is 1. The summed E-state index contributed by atoms with van der Waals surface area (Å²) in [6.45, 7) is 3.45. The normalized spacial score (nSPS) is 14.8. The van der Waals surface area contributed by atoms with Crippen molar-refractivity contribution < 1.29 is 14.4 Å². The summed E-state index contributed by atoms with van der Waals surface area (Å²) in [5, 5.41) is 3.84. The van der Waals surface area contributed by atoms with Gasteiger partial charge < -0.3 is 5.32 Å². The number of rotatable bonds is 6. The van der Waals surface area contributed by atoms with E-state index in [1.165, 1.54) is 11.3 Å². The zero-order valence-electron chi connectivity index (χ0n) is 18.8. The van der Waals surface area contributed by atoms with Gasteiger partial charge in [-0.25, -0.2) is 4.98 Å². The van der Waals surface area contributed by atoms with Gasteiger partial charge in [-0.2, -0.15) is 0 Å². The fraction of sp³-hybridized carbons (Fsp3) is 0.185. The SMILES string of the molecule is Cc1ccc2c(c1)C(=O)N(C(C)C(=O)NC(Cc1ccccc1)c1nc3ccccc3s1)C2=O. The third-order valence-electron chi connectivity index (χ3n) is 6.05. The molecule has 4 aromatic rings. The van der Waals surface area contributed by atoms with E-state index in [1.54, 1.807) is 25.1 Å². The third-order valence-corrected chi connectivity index (χ3v) is 7.20. The molecule has 2 unspecified atom stereocenters. The van der Waals surface area contributed by atoms with Crippen molar-refractivity contribution in [2.75, 3.05) is 0 Å². The first-order valence-corrected chi connectivity index (χ1v) is 11.9. The molecule has 3 amide bonds. The molecule has 1 aliphatic rings. The van der Waals surface area contributed by atoms with Crippen molar-refractivity contribution in [3.63, 3.8) is 0 Å². The fourth-order valence-electron chi connectivity index (χ4n) is 4.22. The fourth-order valence-corrected chi connectivity index (χ4v) is 5.24. The molecule has 0 bridgehead atoms. The Morgan fingerprint density at radius 1 is 0.971 bits per heavy atom. The highest BCUT2D eigenvalue weighted by Gasteiger charge is 2.41. The summed E-state index contributed by atoms with van der Waals surface area (Å²) in [5.74, 6) is -1.28. The van der Waals surface area contributed by atoms with E-state index in [4.69, 9.17) is 4.98 Å². The minimum absolute atomic E-state index is 0.335. The predicted octanol–water partition coefficient (Wildman–Crippen LogP) is 4.69. The first kappa shape index (κ1) is 22.0. The van der Waals surface area contributed by atoms with Crippen LogP contribution < -0.4 is 5.32 Å². The van der Waals surface area contributed by atoms with Gasteiger partial charge in [0.25, 0.3) is 11.8 Å². The summed E-state index contributed by atoms with van der Waals surface area (Å²) < 4.78 is 1.04. The van der Waals surface area contributed by atoms with Crippen molar-refractivity contribution in [3.8, 4) is 0 Å². The number of amides is 3. The summed E-state index contributed by atoms with van der Waals surface area (Å²) in [6, 6.07) is 21.5. The highest BCUT2D eigenvalue weighted by molar-refractivity contribution is 7.18. The lowest BCUT2D eigenvalue weighted by Crippen LogP contribution is -2.48. The summed E-state index contributed by atoms with van der Waals surface area (Å²) in [5.41, 5.74) is 3.49. The number of imide groups is 1. The Morgan fingerprint density at radius 3 is 2.44 bits per heavy atom. The molecule has 1 N–H and O–H groups in total. The predicted molar refractivity (Wildman–Crippen MR) is 132 cm³/mol. The number of fused-ring (bicyclic) bond motifs is 2. The number of hydrogen-bond donors (Lipinski definition) is 1. The smallest absolute Gasteiger partial charge is 0.262 e. The molecule has 2 atom stereocenters. The second-order valence-corrected chi connectivity index (χ2v) is 9.54. The topological polar surface area (TPSA) is 79.4 Å². The molecular weight excluding hydrogens is 446 g/mol. The second-order valence-electron chi connectivity index (χ2n) is 8.48. The Morgan fingerprint density at radius 2 is 1.68 bits per heavy atom. The van der Waals surface area contributed by atoms with E-state index in [0.717, 1.165) is 31.3 Å². The molecule has 0 radical (unpaired) electrons. The van der Waals surface area contributed by atoms with Crippen LogP contribution in [-0.4, -0.2) is 33.6 Å². The molecule has 170 valence electrons. The minimum atomic E-state index is -0.958. The Hall–Kier alpha value is -3.84. The number of carbonyl (C=O) groups is 3. The van der Waals surface area contributed by atoms with Crippen LogP contribution in [0.5, 0.6) is 0 Å². The molecule has 2 heterocycles. The minimum Gasteiger partial charge on any atom is -0.345 e. The maximum absolute atomic E-state index is 13.3. The van der Waals surface area contributed by atoms with Crippen molar-refractivity contribution in [3.05, 3.63) is 100 Å². The average Bonchev–Trinajstić information content (AvgIpc) is 3.38. The zero-order valence-corrected chi connectivity index (χ0v) is 19.6. The van der Waals surface area contributed by atoms with Crippen LogP contribution in [0.2, 0.25) is 0 Å². The Kier molecular flexibility index (Phi) is 5.71. The monoisotopic (exact) mass is 469 g/mol. The van der Waals surface area contributed by atoms with Gasteiger partial charge in [-0.1, -0.05) is 54.1 Å². The third kappa shape index (κ3) is 3.99. The molecule has 0 saturated heterocycles. The number of thiazole rings is 1. The van der Waals surface area contributed by atoms with Crippen molar-refractivity contribution in [1.82, 2.24) is 15.2 Å². The number of aryl methyl sites for hydroxylation is 1. The van der Waals surface area contributed by atoms with E-state index < -0.39 is 29.8 Å². The number of carbonyl (C=O) groups excluding carboxylic acids is 3. The van der Waals surface area contributed by atoms with E-state index in [0.29, 0.717) is 17.5 Å². The molecule has 3 aromatic carbocycles. The lowest BCUT2D eigenvalue weighted by molar-refractivity contribution is -0.125. The molecule has 0 saturated carbocycles. The van der Waals surface area contributed by atoms with Gasteiger partial charge in [0.2, 0.25) is 5.91 Å². The van der Waals surface area contributed by atoms with Crippen molar-refractivity contribution in [1.29, 1.82) is 0 Å². The zero-order chi connectivity index (χ0) is 23.8. The number of nitrogens with zero attached hydrogens (tertiary/aromatic N) is 2. The molecule has 7 heteroatoms. The van der Waals surface area contributed by atoms with Gasteiger partial charge in [0.05, 0.1) is 27.4 Å². The molecule has 6 nitrogen and oxygen atoms in total. The van der Waals surface area contributed by atoms with Crippen LogP contribution in [0.25, 0.3) is 10.2 Å². The molecule has 0 fully saturated rings. The molecule has 1 aromatic heterocycles. The van der Waals surface area contributed by atoms with E-state index in [1.807, 2.05) is 61.5 Å². The van der Waals surface area contributed by atoms with Crippen LogP contribution in [0.15, 0.2) is 72.8 Å². The largest absolute Gasteiger partial charge is 0.345 e. The Balaban J connectivity index is 1.42. The van der Waals surface area contributed by atoms with E-state index in [2.05, 4.69) is 5.32 Å². The quantitative estimate of drug-likeness (QED) is 0.416. The van der Waals surface area contributed by atoms with Crippen LogP contribution >= 0.6 is 11.3 Å². The van der Waals surface area contributed by atoms with Gasteiger partial charge in [-0.05, 0) is 50.1 Å². The molecule has 0 spiro atoms. The van der Waals surface area contributed by atoms with Crippen LogP contribution in [0, 0.1) is 6.92 Å². The van der Waals surface area contributed by atoms with Gasteiger partial charge in [0, 0.05) is 0 Å². The molecular formula is C27H23N3O3S. The van der Waals surface area contributed by atoms with E-state index in [-0.39, 0.29) is 0 Å². The second kappa shape index (κ2) is 8.83. The van der Waals surface area contributed by atoms with E-state index in [9.17, 15) is 14.4 Å². The van der Waals surface area contributed by atoms with Gasteiger partial charge in [0.1, 0.15) is 11.0 Å². The molecule has 34 heavy (non-hydrogen) atoms. The maximum Gasteiger partial charge on any atom is 0.262 e. The summed E-state index contributed by atoms with van der Waals surface area (Å²) in [4.78, 5) is 45.1. The Bertz CT molecular complexity index is 1380. The van der Waals surface area contributed by atoms with Crippen molar-refractivity contribution in [2.24, 2.45) is 0 Å². The van der Waals surface area contributed by atoms with Crippen LogP contribution in [0.4, 0.5) is 0 Å². The molecule has 1 aliphatic heterocycles. The van der Waals surface area contributed by atoms with E-state index >= 15 is 0 Å². The first-order valence-electron chi connectivity index (χ1n) is 11.1. The number of hydrogen-bond acceptors (Lipinski definition) is 5. The lowest BCUT2D eigenvalue weighted by atomic mass is 10.1. The summed E-state index contributed by atoms with van der Waals surface area (Å²) in [6.07, 6.45) is 0.542. The number of benzene rings is 3. The van der Waals surface area contributed by atoms with Gasteiger partial charge in [0.15, 0.2) is 0 Å². The Labute approximate surface area is 201 Å². The number of para-hydroxylation sites is 1. The first-order chi connectivity index (χ1) is 16.4. The summed E-state index contributed by atoms with van der Waals surface area (Å²) in [7, 11) is 0. The maximum atomic E-state index is 13.3. The molecule has 5 rings (SSSR count). The number of aromatic nitrogens is 1. The highest BCUT2D eigenvalue weighted by atomic mass is 32.1. The van der Waals surface area contributed by atoms with Crippen molar-refractivity contribution >= 4 is 39.3 Å². The standard InChI is InChI=1S/C27H23N3O3S/c1-16-12-13-19-20(14-16)27(33)30(26(19)32)17(2)24(31)28-22(15-18-8-4-3-5-9-18)25-29-21-10-6-7-11-23(21)34-25/h3-14,17,22H,15H2,1-2H3,(H,28,31). The van der Waals surface area contributed by atoms with Crippen LogP contribution in [-0.2, 0) is 11.2 Å². The lowest BCUT2D eigenvalue weighted by Gasteiger charge is -2.24. The van der Waals surface area contributed by atoms with Gasteiger partial charge in [-0.3, -0.25) is 19.3 Å². The van der Waals surface area contributed by atoms with Gasteiger partial charge >= 0.3 is 0 Å². The van der Waals surface area contributed by atoms with Crippen molar-refractivity contribution in [2.45, 2.75) is 32.4 Å².